The number of amides is 2. The van der Waals surface area contributed by atoms with Crippen molar-refractivity contribution in [3.63, 3.8) is 0 Å². The van der Waals surface area contributed by atoms with E-state index in [9.17, 15) is 4.79 Å². The number of H-pyrrole nitrogens is 1. The molecule has 4 rings (SSSR count). The summed E-state index contributed by atoms with van der Waals surface area (Å²) in [5.41, 5.74) is 1.68. The molecule has 2 N–H and O–H groups in total. The highest BCUT2D eigenvalue weighted by Gasteiger charge is 2.25. The quantitative estimate of drug-likeness (QED) is 0.767. The van der Waals surface area contributed by atoms with Crippen molar-refractivity contribution in [2.45, 2.75) is 25.4 Å². The van der Waals surface area contributed by atoms with Crippen molar-refractivity contribution in [2.75, 3.05) is 13.1 Å². The molecule has 0 aliphatic carbocycles. The first-order valence-corrected chi connectivity index (χ1v) is 8.11. The summed E-state index contributed by atoms with van der Waals surface area (Å²) < 4.78 is 1.83. The topological polar surface area (TPSA) is 91.7 Å². The average molecular weight is 325 g/mol. The Balaban J connectivity index is 1.36. The predicted molar refractivity (Wildman–Crippen MR) is 88.2 cm³/mol. The van der Waals surface area contributed by atoms with Crippen LogP contribution >= 0.6 is 0 Å². The van der Waals surface area contributed by atoms with Crippen LogP contribution in [0, 0.1) is 0 Å². The minimum absolute atomic E-state index is 0.0619. The standard InChI is InChI=1S/C16H19N7O/c24-16(18-10-13-4-3-12-5-6-17-15(12)20-13)22-8-1-2-14(11-22)23-9-7-19-21-23/h3-7,9,14H,1-2,8,10-11H2,(H,17,20)(H,18,24). The van der Waals surface area contributed by atoms with Crippen LogP contribution in [0.3, 0.4) is 0 Å². The van der Waals surface area contributed by atoms with Gasteiger partial charge in [-0.25, -0.2) is 14.5 Å². The second kappa shape index (κ2) is 6.31. The summed E-state index contributed by atoms with van der Waals surface area (Å²) in [5, 5.41) is 11.9. The van der Waals surface area contributed by atoms with Crippen LogP contribution in [-0.2, 0) is 6.54 Å². The van der Waals surface area contributed by atoms with Crippen molar-refractivity contribution in [1.29, 1.82) is 0 Å². The number of fused-ring (bicyclic) bond motifs is 1. The molecule has 124 valence electrons. The molecule has 0 bridgehead atoms. The molecule has 24 heavy (non-hydrogen) atoms. The summed E-state index contributed by atoms with van der Waals surface area (Å²) >= 11 is 0. The van der Waals surface area contributed by atoms with Gasteiger partial charge in [-0.15, -0.1) is 5.10 Å². The molecule has 1 aliphatic heterocycles. The van der Waals surface area contributed by atoms with Gasteiger partial charge in [0.25, 0.3) is 0 Å². The maximum absolute atomic E-state index is 12.4. The van der Waals surface area contributed by atoms with E-state index in [1.54, 1.807) is 6.20 Å². The number of nitrogens with zero attached hydrogens (tertiary/aromatic N) is 5. The largest absolute Gasteiger partial charge is 0.346 e. The van der Waals surface area contributed by atoms with E-state index in [0.717, 1.165) is 36.1 Å². The van der Waals surface area contributed by atoms with Gasteiger partial charge < -0.3 is 15.2 Å². The monoisotopic (exact) mass is 325 g/mol. The number of aromatic amines is 1. The Morgan fingerprint density at radius 1 is 1.38 bits per heavy atom. The van der Waals surface area contributed by atoms with Crippen molar-refractivity contribution in [3.05, 3.63) is 42.5 Å². The molecule has 4 heterocycles. The van der Waals surface area contributed by atoms with E-state index in [1.165, 1.54) is 0 Å². The van der Waals surface area contributed by atoms with Crippen molar-refractivity contribution in [2.24, 2.45) is 0 Å². The number of carbonyl (C=O) groups excluding carboxylic acids is 1. The third-order valence-corrected chi connectivity index (χ3v) is 4.39. The van der Waals surface area contributed by atoms with Crippen LogP contribution in [-0.4, -0.2) is 49.0 Å². The summed E-state index contributed by atoms with van der Waals surface area (Å²) in [5.74, 6) is 0. The predicted octanol–water partition coefficient (Wildman–Crippen LogP) is 1.70. The van der Waals surface area contributed by atoms with E-state index in [0.29, 0.717) is 13.1 Å². The van der Waals surface area contributed by atoms with Gasteiger partial charge in [0.2, 0.25) is 0 Å². The first kappa shape index (κ1) is 14.7. The van der Waals surface area contributed by atoms with Gasteiger partial charge in [-0.3, -0.25) is 0 Å². The van der Waals surface area contributed by atoms with Crippen LogP contribution in [0.2, 0.25) is 0 Å². The number of rotatable bonds is 3. The van der Waals surface area contributed by atoms with Crippen LogP contribution in [0.4, 0.5) is 4.79 Å². The van der Waals surface area contributed by atoms with E-state index in [-0.39, 0.29) is 12.1 Å². The Labute approximate surface area is 138 Å². The number of piperidine rings is 1. The molecule has 0 saturated carbocycles. The van der Waals surface area contributed by atoms with Gasteiger partial charge in [0, 0.05) is 30.9 Å². The van der Waals surface area contributed by atoms with E-state index in [4.69, 9.17) is 0 Å². The Morgan fingerprint density at radius 3 is 3.21 bits per heavy atom. The third kappa shape index (κ3) is 2.94. The van der Waals surface area contributed by atoms with E-state index in [1.807, 2.05) is 40.2 Å². The molecule has 1 saturated heterocycles. The zero-order valence-electron chi connectivity index (χ0n) is 13.2. The van der Waals surface area contributed by atoms with E-state index in [2.05, 4.69) is 25.6 Å². The fourth-order valence-corrected chi connectivity index (χ4v) is 3.11. The van der Waals surface area contributed by atoms with Gasteiger partial charge >= 0.3 is 6.03 Å². The number of carbonyl (C=O) groups is 1. The molecule has 1 fully saturated rings. The van der Waals surface area contributed by atoms with Gasteiger partial charge in [0.15, 0.2) is 0 Å². The van der Waals surface area contributed by atoms with E-state index < -0.39 is 0 Å². The summed E-state index contributed by atoms with van der Waals surface area (Å²) in [7, 11) is 0. The van der Waals surface area contributed by atoms with Crippen molar-refractivity contribution in [3.8, 4) is 0 Å². The summed E-state index contributed by atoms with van der Waals surface area (Å²) in [4.78, 5) is 21.8. The molecule has 8 heteroatoms. The molecule has 2 amide bonds. The molecule has 0 spiro atoms. The van der Waals surface area contributed by atoms with Crippen LogP contribution in [0.15, 0.2) is 36.8 Å². The van der Waals surface area contributed by atoms with Gasteiger partial charge in [0.1, 0.15) is 5.65 Å². The smallest absolute Gasteiger partial charge is 0.317 e. The zero-order valence-corrected chi connectivity index (χ0v) is 13.2. The number of hydrogen-bond donors (Lipinski definition) is 2. The third-order valence-electron chi connectivity index (χ3n) is 4.39. The Kier molecular flexibility index (Phi) is 3.86. The van der Waals surface area contributed by atoms with Crippen LogP contribution < -0.4 is 5.32 Å². The molecular formula is C16H19N7O. The highest BCUT2D eigenvalue weighted by molar-refractivity contribution is 5.76. The molecule has 3 aromatic rings. The summed E-state index contributed by atoms with van der Waals surface area (Å²) in [6, 6.07) is 6.05. The number of urea groups is 1. The van der Waals surface area contributed by atoms with Crippen molar-refractivity contribution in [1.82, 2.24) is 35.2 Å². The molecule has 8 nitrogen and oxygen atoms in total. The lowest BCUT2D eigenvalue weighted by molar-refractivity contribution is 0.162. The lowest BCUT2D eigenvalue weighted by Gasteiger charge is -2.32. The van der Waals surface area contributed by atoms with Gasteiger partial charge in [-0.1, -0.05) is 5.21 Å². The molecular weight excluding hydrogens is 306 g/mol. The summed E-state index contributed by atoms with van der Waals surface area (Å²) in [6.45, 7) is 1.83. The second-order valence-corrected chi connectivity index (χ2v) is 6.00. The number of hydrogen-bond acceptors (Lipinski definition) is 4. The Bertz CT molecular complexity index is 826. The number of aromatic nitrogens is 5. The maximum Gasteiger partial charge on any atom is 0.317 e. The lowest BCUT2D eigenvalue weighted by atomic mass is 10.1. The zero-order chi connectivity index (χ0) is 16.4. The Hall–Kier alpha value is -2.90. The minimum atomic E-state index is -0.0619. The van der Waals surface area contributed by atoms with Crippen molar-refractivity contribution >= 4 is 17.1 Å². The summed E-state index contributed by atoms with van der Waals surface area (Å²) in [6.07, 6.45) is 7.35. The molecule has 1 unspecified atom stereocenters. The van der Waals surface area contributed by atoms with Crippen molar-refractivity contribution < 1.29 is 4.79 Å². The SMILES string of the molecule is O=C(NCc1ccc2cc[nH]c2n1)N1CCCC(n2ccnn2)C1. The van der Waals surface area contributed by atoms with Crippen LogP contribution in [0.5, 0.6) is 0 Å². The molecule has 0 aromatic carbocycles. The number of likely N-dealkylation sites (tertiary alicyclic amines) is 1. The first-order valence-electron chi connectivity index (χ1n) is 8.11. The second-order valence-electron chi connectivity index (χ2n) is 6.00. The fourth-order valence-electron chi connectivity index (χ4n) is 3.11. The van der Waals surface area contributed by atoms with Gasteiger partial charge in [0.05, 0.1) is 24.5 Å². The van der Waals surface area contributed by atoms with Crippen LogP contribution in [0.1, 0.15) is 24.6 Å². The average Bonchev–Trinajstić information content (AvgIpc) is 3.30. The highest BCUT2D eigenvalue weighted by Crippen LogP contribution is 2.20. The van der Waals surface area contributed by atoms with Crippen LogP contribution in [0.25, 0.3) is 11.0 Å². The fraction of sp³-hybridized carbons (Fsp3) is 0.375. The maximum atomic E-state index is 12.4. The molecule has 3 aromatic heterocycles. The number of nitrogens with one attached hydrogen (secondary N) is 2. The highest BCUT2D eigenvalue weighted by atomic mass is 16.2. The normalized spacial score (nSPS) is 18.0. The minimum Gasteiger partial charge on any atom is -0.346 e. The first-order chi connectivity index (χ1) is 11.8. The molecule has 1 atom stereocenters. The van der Waals surface area contributed by atoms with E-state index >= 15 is 0 Å². The number of pyridine rings is 1. The lowest BCUT2D eigenvalue weighted by Crippen LogP contribution is -2.45. The van der Waals surface area contributed by atoms with Gasteiger partial charge in [-0.2, -0.15) is 0 Å². The molecule has 0 radical (unpaired) electrons. The Morgan fingerprint density at radius 2 is 2.33 bits per heavy atom. The van der Waals surface area contributed by atoms with Gasteiger partial charge in [-0.05, 0) is 31.0 Å². The molecule has 1 aliphatic rings.